The summed E-state index contributed by atoms with van der Waals surface area (Å²) in [6.07, 6.45) is 1.32. The first kappa shape index (κ1) is 12.3. The zero-order valence-electron chi connectivity index (χ0n) is 9.66. The molecular formula is C13H16O3. The molecular weight excluding hydrogens is 204 g/mol. The molecule has 0 fully saturated rings. The van der Waals surface area contributed by atoms with E-state index in [4.69, 9.17) is 9.47 Å². The van der Waals surface area contributed by atoms with Gasteiger partial charge in [-0.1, -0.05) is 23.8 Å². The lowest BCUT2D eigenvalue weighted by molar-refractivity contribution is 0.0421. The van der Waals surface area contributed by atoms with E-state index in [2.05, 4.69) is 6.58 Å². The van der Waals surface area contributed by atoms with Crippen LogP contribution in [0.3, 0.4) is 0 Å². The average Bonchev–Trinajstić information content (AvgIpc) is 2.22. The predicted octanol–water partition coefficient (Wildman–Crippen LogP) is 2.62. The van der Waals surface area contributed by atoms with Crippen molar-refractivity contribution in [2.45, 2.75) is 13.8 Å². The molecule has 0 N–H and O–H groups in total. The van der Waals surface area contributed by atoms with E-state index in [-0.39, 0.29) is 12.6 Å². The van der Waals surface area contributed by atoms with Gasteiger partial charge in [0, 0.05) is 0 Å². The van der Waals surface area contributed by atoms with Crippen LogP contribution in [0.4, 0.5) is 0 Å². The maximum absolute atomic E-state index is 11.6. The first-order valence-corrected chi connectivity index (χ1v) is 5.11. The van der Waals surface area contributed by atoms with Gasteiger partial charge in [0.15, 0.2) is 0 Å². The van der Waals surface area contributed by atoms with Crippen LogP contribution in [0.25, 0.3) is 0 Å². The summed E-state index contributed by atoms with van der Waals surface area (Å²) in [4.78, 5) is 11.6. The molecule has 0 heterocycles. The number of carbonyl (C=O) groups is 1. The van der Waals surface area contributed by atoms with Crippen LogP contribution in [0, 0.1) is 13.8 Å². The van der Waals surface area contributed by atoms with E-state index in [0.717, 1.165) is 11.1 Å². The Kier molecular flexibility index (Phi) is 4.58. The molecule has 1 aromatic rings. The Hall–Kier alpha value is -1.77. The first-order chi connectivity index (χ1) is 7.63. The average molecular weight is 220 g/mol. The molecule has 0 aliphatic rings. The number of aryl methyl sites for hydroxylation is 2. The minimum atomic E-state index is -0.320. The second-order valence-electron chi connectivity index (χ2n) is 3.55. The summed E-state index contributed by atoms with van der Waals surface area (Å²) < 4.78 is 9.88. The van der Waals surface area contributed by atoms with Crippen LogP contribution < -0.4 is 0 Å². The van der Waals surface area contributed by atoms with E-state index in [9.17, 15) is 4.79 Å². The third-order valence-corrected chi connectivity index (χ3v) is 2.01. The lowest BCUT2D eigenvalue weighted by Crippen LogP contribution is -2.10. The summed E-state index contributed by atoms with van der Waals surface area (Å²) >= 11 is 0. The van der Waals surface area contributed by atoms with E-state index >= 15 is 0 Å². The molecule has 1 aromatic carbocycles. The summed E-state index contributed by atoms with van der Waals surface area (Å²) in [5, 5.41) is 0. The Balaban J connectivity index is 2.55. The Morgan fingerprint density at radius 1 is 1.25 bits per heavy atom. The standard InChI is InChI=1S/C13H16O3/c1-4-15-5-6-16-13(14)12-8-10(2)7-11(3)9-12/h4,7-9H,1,5-6H2,2-3H3. The fourth-order valence-corrected chi connectivity index (χ4v) is 1.44. The third kappa shape index (κ3) is 3.77. The van der Waals surface area contributed by atoms with Gasteiger partial charge in [0.2, 0.25) is 0 Å². The van der Waals surface area contributed by atoms with Crippen molar-refractivity contribution >= 4 is 5.97 Å². The molecule has 16 heavy (non-hydrogen) atoms. The third-order valence-electron chi connectivity index (χ3n) is 2.01. The Bertz CT molecular complexity index is 363. The fourth-order valence-electron chi connectivity index (χ4n) is 1.44. The molecule has 3 nitrogen and oxygen atoms in total. The normalized spacial score (nSPS) is 9.62. The highest BCUT2D eigenvalue weighted by Gasteiger charge is 2.07. The summed E-state index contributed by atoms with van der Waals surface area (Å²) in [5.74, 6) is -0.320. The van der Waals surface area contributed by atoms with Crippen LogP contribution in [-0.4, -0.2) is 19.2 Å². The van der Waals surface area contributed by atoms with Gasteiger partial charge < -0.3 is 9.47 Å². The number of hydrogen-bond donors (Lipinski definition) is 0. The van der Waals surface area contributed by atoms with Gasteiger partial charge in [0.1, 0.15) is 13.2 Å². The number of carbonyl (C=O) groups excluding carboxylic acids is 1. The summed E-state index contributed by atoms with van der Waals surface area (Å²) in [6, 6.07) is 5.63. The van der Waals surface area contributed by atoms with Crippen molar-refractivity contribution in [2.75, 3.05) is 13.2 Å². The van der Waals surface area contributed by atoms with E-state index < -0.39 is 0 Å². The Labute approximate surface area is 95.7 Å². The lowest BCUT2D eigenvalue weighted by Gasteiger charge is -2.06. The minimum absolute atomic E-state index is 0.234. The smallest absolute Gasteiger partial charge is 0.338 e. The molecule has 0 aromatic heterocycles. The Morgan fingerprint density at radius 3 is 2.44 bits per heavy atom. The second kappa shape index (κ2) is 5.95. The highest BCUT2D eigenvalue weighted by Crippen LogP contribution is 2.09. The van der Waals surface area contributed by atoms with Crippen LogP contribution in [0.1, 0.15) is 21.5 Å². The number of rotatable bonds is 5. The van der Waals surface area contributed by atoms with Gasteiger partial charge in [-0.15, -0.1) is 0 Å². The van der Waals surface area contributed by atoms with Gasteiger partial charge in [-0.05, 0) is 26.0 Å². The molecule has 0 saturated heterocycles. The largest absolute Gasteiger partial charge is 0.498 e. The highest BCUT2D eigenvalue weighted by atomic mass is 16.6. The van der Waals surface area contributed by atoms with Gasteiger partial charge in [-0.2, -0.15) is 0 Å². The van der Waals surface area contributed by atoms with E-state index in [1.54, 1.807) is 0 Å². The second-order valence-corrected chi connectivity index (χ2v) is 3.55. The van der Waals surface area contributed by atoms with Gasteiger partial charge in [-0.25, -0.2) is 4.79 Å². The molecule has 0 aliphatic heterocycles. The topological polar surface area (TPSA) is 35.5 Å². The summed E-state index contributed by atoms with van der Waals surface area (Å²) in [7, 11) is 0. The monoisotopic (exact) mass is 220 g/mol. The SMILES string of the molecule is C=COCCOC(=O)c1cc(C)cc(C)c1. The number of benzene rings is 1. The zero-order valence-corrected chi connectivity index (χ0v) is 9.66. The highest BCUT2D eigenvalue weighted by molar-refractivity contribution is 5.89. The van der Waals surface area contributed by atoms with Crippen molar-refractivity contribution in [1.29, 1.82) is 0 Å². The number of esters is 1. The van der Waals surface area contributed by atoms with Crippen LogP contribution in [0.15, 0.2) is 31.0 Å². The van der Waals surface area contributed by atoms with Crippen LogP contribution >= 0.6 is 0 Å². The van der Waals surface area contributed by atoms with E-state index in [0.29, 0.717) is 12.2 Å². The van der Waals surface area contributed by atoms with Gasteiger partial charge in [0.05, 0.1) is 11.8 Å². The van der Waals surface area contributed by atoms with Crippen molar-refractivity contribution in [3.8, 4) is 0 Å². The van der Waals surface area contributed by atoms with Crippen molar-refractivity contribution in [3.63, 3.8) is 0 Å². The molecule has 3 heteroatoms. The predicted molar refractivity (Wildman–Crippen MR) is 62.3 cm³/mol. The fraction of sp³-hybridized carbons (Fsp3) is 0.308. The Morgan fingerprint density at radius 2 is 1.88 bits per heavy atom. The first-order valence-electron chi connectivity index (χ1n) is 5.11. The molecule has 0 saturated carbocycles. The number of hydrogen-bond acceptors (Lipinski definition) is 3. The van der Waals surface area contributed by atoms with Gasteiger partial charge in [0.25, 0.3) is 0 Å². The van der Waals surface area contributed by atoms with E-state index in [1.165, 1.54) is 6.26 Å². The maximum Gasteiger partial charge on any atom is 0.338 e. The molecule has 0 atom stereocenters. The van der Waals surface area contributed by atoms with Crippen LogP contribution in [0.2, 0.25) is 0 Å². The van der Waals surface area contributed by atoms with Gasteiger partial charge in [-0.3, -0.25) is 0 Å². The minimum Gasteiger partial charge on any atom is -0.498 e. The maximum atomic E-state index is 11.6. The summed E-state index contributed by atoms with van der Waals surface area (Å²) in [6.45, 7) is 7.86. The molecule has 0 unspecified atom stereocenters. The summed E-state index contributed by atoms with van der Waals surface area (Å²) in [5.41, 5.74) is 2.68. The van der Waals surface area contributed by atoms with Crippen LogP contribution in [-0.2, 0) is 9.47 Å². The molecule has 0 amide bonds. The molecule has 86 valence electrons. The van der Waals surface area contributed by atoms with Gasteiger partial charge >= 0.3 is 5.97 Å². The molecule has 0 spiro atoms. The number of ether oxygens (including phenoxy) is 2. The van der Waals surface area contributed by atoms with Crippen LogP contribution in [0.5, 0.6) is 0 Å². The van der Waals surface area contributed by atoms with Crippen molar-refractivity contribution in [2.24, 2.45) is 0 Å². The van der Waals surface area contributed by atoms with E-state index in [1.807, 2.05) is 32.0 Å². The molecule has 0 bridgehead atoms. The molecule has 0 radical (unpaired) electrons. The zero-order chi connectivity index (χ0) is 12.0. The quantitative estimate of drug-likeness (QED) is 0.434. The van der Waals surface area contributed by atoms with Crippen molar-refractivity contribution in [1.82, 2.24) is 0 Å². The molecule has 0 aliphatic carbocycles. The lowest BCUT2D eigenvalue weighted by atomic mass is 10.1. The van der Waals surface area contributed by atoms with Crippen molar-refractivity contribution < 1.29 is 14.3 Å². The van der Waals surface area contributed by atoms with Crippen molar-refractivity contribution in [3.05, 3.63) is 47.7 Å². The molecule has 1 rings (SSSR count).